The van der Waals surface area contributed by atoms with Crippen LogP contribution < -0.4 is 20.9 Å². The van der Waals surface area contributed by atoms with Crippen molar-refractivity contribution in [3.05, 3.63) is 143 Å². The fraction of sp³-hybridized carbons (Fsp3) is 0.200. The Kier molecular flexibility index (Phi) is 8.37. The van der Waals surface area contributed by atoms with Gasteiger partial charge in [-0.3, -0.25) is 0 Å². The van der Waals surface area contributed by atoms with Gasteiger partial charge in [0.2, 0.25) is 0 Å². The van der Waals surface area contributed by atoms with Crippen LogP contribution in [0, 0.1) is 11.6 Å². The molecule has 0 spiro atoms. The van der Waals surface area contributed by atoms with Crippen LogP contribution in [0.4, 0.5) is 20.2 Å². The lowest BCUT2D eigenvalue weighted by atomic mass is 9.81. The number of hydrogen-bond acceptors (Lipinski definition) is 4. The highest BCUT2D eigenvalue weighted by Gasteiger charge is 2.28. The Morgan fingerprint density at radius 1 is 0.510 bits per heavy atom. The Morgan fingerprint density at radius 2 is 1.00 bits per heavy atom. The Balaban J connectivity index is 1.41. The minimum absolute atomic E-state index is 0.120. The summed E-state index contributed by atoms with van der Waals surface area (Å²) in [5.74, 6) is 0.376. The monoisotopic (exact) mass is 680 g/mol. The molecule has 0 radical (unpaired) electrons. The molecule has 6 aromatic carbocycles. The number of anilines is 2. The van der Waals surface area contributed by atoms with Gasteiger partial charge in [0, 0.05) is 34.6 Å². The van der Waals surface area contributed by atoms with E-state index in [2.05, 4.69) is 96.1 Å². The van der Waals surface area contributed by atoms with Crippen molar-refractivity contribution >= 4 is 11.4 Å². The number of nitrogens with two attached hydrogens (primary N) is 2. The van der Waals surface area contributed by atoms with Crippen LogP contribution in [0.2, 0.25) is 0 Å². The molecule has 0 fully saturated rings. The number of ether oxygens (including phenoxy) is 2. The van der Waals surface area contributed by atoms with Crippen LogP contribution in [0.15, 0.2) is 109 Å². The second-order valence-corrected chi connectivity index (χ2v) is 15.4. The van der Waals surface area contributed by atoms with Crippen LogP contribution in [0.5, 0.6) is 23.0 Å². The minimum atomic E-state index is -0.513. The van der Waals surface area contributed by atoms with Crippen LogP contribution in [-0.2, 0) is 17.3 Å². The van der Waals surface area contributed by atoms with Crippen molar-refractivity contribution in [2.24, 2.45) is 0 Å². The zero-order valence-corrected chi connectivity index (χ0v) is 29.8. The highest BCUT2D eigenvalue weighted by Crippen LogP contribution is 2.49. The van der Waals surface area contributed by atoms with Crippen molar-refractivity contribution in [2.75, 3.05) is 11.5 Å². The van der Waals surface area contributed by atoms with Gasteiger partial charge in [0.15, 0.2) is 23.1 Å². The molecule has 0 saturated heterocycles. The molecule has 51 heavy (non-hydrogen) atoms. The third-order valence-electron chi connectivity index (χ3n) is 9.51. The van der Waals surface area contributed by atoms with Gasteiger partial charge in [0.05, 0.1) is 0 Å². The van der Waals surface area contributed by atoms with Crippen LogP contribution >= 0.6 is 0 Å². The molecule has 0 aromatic heterocycles. The lowest BCUT2D eigenvalue weighted by Crippen LogP contribution is -2.13. The predicted molar refractivity (Wildman–Crippen MR) is 205 cm³/mol. The summed E-state index contributed by atoms with van der Waals surface area (Å²) in [6.07, 6.45) is 0.790. The molecular formula is C45H42F2N2O2. The summed E-state index contributed by atoms with van der Waals surface area (Å²) in [6, 6.07) is 34.2. The van der Waals surface area contributed by atoms with Gasteiger partial charge in [-0.05, 0) is 110 Å². The molecule has 6 heteroatoms. The molecule has 0 heterocycles. The largest absolute Gasteiger partial charge is 0.454 e. The first-order valence-electron chi connectivity index (χ1n) is 17.2. The van der Waals surface area contributed by atoms with Crippen LogP contribution in [0.25, 0.3) is 33.4 Å². The van der Waals surface area contributed by atoms with Crippen LogP contribution in [0.1, 0.15) is 63.8 Å². The molecule has 7 rings (SSSR count). The highest BCUT2D eigenvalue weighted by atomic mass is 19.1. The van der Waals surface area contributed by atoms with E-state index in [1.165, 1.54) is 34.4 Å². The Morgan fingerprint density at radius 3 is 1.55 bits per heavy atom. The molecule has 0 saturated carbocycles. The normalized spacial score (nSPS) is 12.4. The average Bonchev–Trinajstić information content (AvgIpc) is 3.45. The highest BCUT2D eigenvalue weighted by molar-refractivity contribution is 5.94. The summed E-state index contributed by atoms with van der Waals surface area (Å²) >= 11 is 0. The Bertz CT molecular complexity index is 2310. The summed E-state index contributed by atoms with van der Waals surface area (Å²) in [6.45, 7) is 12.7. The summed E-state index contributed by atoms with van der Waals surface area (Å²) in [5, 5.41) is 0. The smallest absolute Gasteiger partial charge is 0.167 e. The van der Waals surface area contributed by atoms with E-state index in [9.17, 15) is 8.78 Å². The van der Waals surface area contributed by atoms with Crippen LogP contribution in [0.3, 0.4) is 0 Å². The summed E-state index contributed by atoms with van der Waals surface area (Å²) in [4.78, 5) is 0. The molecule has 258 valence electrons. The van der Waals surface area contributed by atoms with E-state index in [1.54, 1.807) is 24.3 Å². The molecule has 0 aliphatic heterocycles. The lowest BCUT2D eigenvalue weighted by Gasteiger charge is -2.26. The van der Waals surface area contributed by atoms with Gasteiger partial charge >= 0.3 is 0 Å². The van der Waals surface area contributed by atoms with Crippen molar-refractivity contribution in [3.63, 3.8) is 0 Å². The number of hydrogen-bond donors (Lipinski definition) is 2. The maximum Gasteiger partial charge on any atom is 0.167 e. The van der Waals surface area contributed by atoms with Crippen molar-refractivity contribution in [1.29, 1.82) is 0 Å². The summed E-state index contributed by atoms with van der Waals surface area (Å²) < 4.78 is 42.2. The second kappa shape index (κ2) is 12.6. The zero-order valence-electron chi connectivity index (χ0n) is 29.8. The van der Waals surface area contributed by atoms with E-state index in [0.29, 0.717) is 22.9 Å². The first kappa shape index (κ1) is 33.9. The SMILES string of the molecule is CC(C)(C)c1cc(-c2ccc3c(c2-c2ccc(Oc4ccc(N)cc4F)c(C(C)(C)C)c2)Cc2ccccc2-3)ccc1Oc1ccc(N)cc1F. The van der Waals surface area contributed by atoms with E-state index >= 15 is 0 Å². The number of halogens is 2. The fourth-order valence-electron chi connectivity index (χ4n) is 6.95. The Hall–Kier alpha value is -5.62. The zero-order chi connectivity index (χ0) is 36.2. The van der Waals surface area contributed by atoms with Gasteiger partial charge in [-0.15, -0.1) is 0 Å². The third kappa shape index (κ3) is 6.54. The summed E-state index contributed by atoms with van der Waals surface area (Å²) in [5.41, 5.74) is 22.7. The van der Waals surface area contributed by atoms with Crippen molar-refractivity contribution in [1.82, 2.24) is 0 Å². The first-order valence-corrected chi connectivity index (χ1v) is 17.2. The number of fused-ring (bicyclic) bond motifs is 3. The van der Waals surface area contributed by atoms with Gasteiger partial charge in [-0.25, -0.2) is 8.78 Å². The van der Waals surface area contributed by atoms with Gasteiger partial charge in [-0.1, -0.05) is 90.1 Å². The number of rotatable bonds is 6. The maximum atomic E-state index is 14.9. The molecule has 1 aliphatic carbocycles. The standard InChI is InChI=1S/C45H42F2N2O2/c1-44(2,3)35-22-27(11-17-39(35)50-41-19-13-29(48)24-37(41)46)32-15-16-33-31-10-8-7-9-26(31)21-34(33)43(32)28-12-18-40(36(23-28)45(4,5)6)51-42-20-14-30(49)25-38(42)47/h7-20,22-25H,21,48-49H2,1-6H3. The average molecular weight is 681 g/mol. The third-order valence-corrected chi connectivity index (χ3v) is 9.51. The molecular weight excluding hydrogens is 639 g/mol. The van der Waals surface area contributed by atoms with E-state index in [1.807, 2.05) is 18.2 Å². The molecule has 4 nitrogen and oxygen atoms in total. The minimum Gasteiger partial charge on any atom is -0.454 e. The van der Waals surface area contributed by atoms with Gasteiger partial charge in [-0.2, -0.15) is 0 Å². The molecule has 4 N–H and O–H groups in total. The topological polar surface area (TPSA) is 70.5 Å². The maximum absolute atomic E-state index is 14.9. The second-order valence-electron chi connectivity index (χ2n) is 15.4. The molecule has 0 atom stereocenters. The molecule has 1 aliphatic rings. The number of nitrogen functional groups attached to an aromatic ring is 2. The van der Waals surface area contributed by atoms with Gasteiger partial charge in [0.25, 0.3) is 0 Å². The van der Waals surface area contributed by atoms with Gasteiger partial charge in [0.1, 0.15) is 11.5 Å². The van der Waals surface area contributed by atoms with E-state index < -0.39 is 11.6 Å². The molecule has 0 unspecified atom stereocenters. The van der Waals surface area contributed by atoms with Crippen molar-refractivity contribution in [2.45, 2.75) is 58.8 Å². The van der Waals surface area contributed by atoms with Crippen molar-refractivity contribution < 1.29 is 18.3 Å². The van der Waals surface area contributed by atoms with E-state index in [4.69, 9.17) is 20.9 Å². The van der Waals surface area contributed by atoms with E-state index in [0.717, 1.165) is 39.8 Å². The quantitative estimate of drug-likeness (QED) is 0.172. The molecule has 0 bridgehead atoms. The predicted octanol–water partition coefficient (Wildman–Crippen LogP) is 12.2. The Labute approximate surface area is 298 Å². The van der Waals surface area contributed by atoms with Gasteiger partial charge < -0.3 is 20.9 Å². The molecule has 0 amide bonds. The summed E-state index contributed by atoms with van der Waals surface area (Å²) in [7, 11) is 0. The fourth-order valence-corrected chi connectivity index (χ4v) is 6.95. The lowest BCUT2D eigenvalue weighted by molar-refractivity contribution is 0.425. The van der Waals surface area contributed by atoms with Crippen LogP contribution in [-0.4, -0.2) is 0 Å². The first-order chi connectivity index (χ1) is 24.2. The molecule has 6 aromatic rings. The van der Waals surface area contributed by atoms with E-state index in [-0.39, 0.29) is 22.3 Å². The number of benzene rings is 6. The van der Waals surface area contributed by atoms with Crippen molar-refractivity contribution in [3.8, 4) is 56.4 Å².